The van der Waals surface area contributed by atoms with Crippen molar-refractivity contribution < 1.29 is 13.6 Å². The Morgan fingerprint density at radius 3 is 2.71 bits per heavy atom. The van der Waals surface area contributed by atoms with Crippen molar-refractivity contribution >= 4 is 27.9 Å². The van der Waals surface area contributed by atoms with E-state index in [1.807, 2.05) is 0 Å². The maximum absolute atomic E-state index is 14.2. The molecule has 180 valence electrons. The maximum Gasteiger partial charge on any atom is 0.277 e. The van der Waals surface area contributed by atoms with Gasteiger partial charge in [0.25, 0.3) is 5.91 Å². The van der Waals surface area contributed by atoms with Crippen LogP contribution >= 0.6 is 11.3 Å². The van der Waals surface area contributed by atoms with Crippen molar-refractivity contribution in [3.8, 4) is 10.6 Å². The molecule has 0 spiro atoms. The lowest BCUT2D eigenvalue weighted by atomic mass is 10.0. The van der Waals surface area contributed by atoms with Gasteiger partial charge in [0.15, 0.2) is 5.69 Å². The van der Waals surface area contributed by atoms with Gasteiger partial charge < -0.3 is 16.8 Å². The molecule has 1 aliphatic heterocycles. The number of nitrogens with one attached hydrogen (secondary N) is 2. The Hall–Kier alpha value is -2.89. The third-order valence-corrected chi connectivity index (χ3v) is 7.43. The summed E-state index contributed by atoms with van der Waals surface area (Å²) in [5.41, 5.74) is 13.2. The summed E-state index contributed by atoms with van der Waals surface area (Å²) in [6, 6.07) is 3.88. The third-order valence-electron chi connectivity index (χ3n) is 6.53. The molecule has 1 unspecified atom stereocenters. The number of hydrogen-bond acceptors (Lipinski definition) is 7. The second-order valence-corrected chi connectivity index (χ2v) is 10.0. The van der Waals surface area contributed by atoms with Gasteiger partial charge in [-0.05, 0) is 56.7 Å². The van der Waals surface area contributed by atoms with E-state index in [0.717, 1.165) is 74.4 Å². The van der Waals surface area contributed by atoms with Gasteiger partial charge in [-0.2, -0.15) is 5.10 Å². The number of anilines is 2. The summed E-state index contributed by atoms with van der Waals surface area (Å²) in [7, 11) is 0. The number of amides is 1. The van der Waals surface area contributed by atoms with Crippen LogP contribution in [0.4, 0.5) is 19.5 Å². The summed E-state index contributed by atoms with van der Waals surface area (Å²) in [4.78, 5) is 19.7. The van der Waals surface area contributed by atoms with Crippen molar-refractivity contribution in [1.29, 1.82) is 0 Å². The van der Waals surface area contributed by atoms with Crippen molar-refractivity contribution in [3.63, 3.8) is 0 Å². The summed E-state index contributed by atoms with van der Waals surface area (Å²) >= 11 is 0.870. The quantitative estimate of drug-likeness (QED) is 0.418. The molecule has 2 atom stereocenters. The molecular formula is C23H27F2N7OS. The van der Waals surface area contributed by atoms with Crippen LogP contribution in [0.2, 0.25) is 0 Å². The number of likely N-dealkylation sites (tertiary alicyclic amines) is 1. The van der Waals surface area contributed by atoms with Crippen LogP contribution in [-0.2, 0) is 0 Å². The van der Waals surface area contributed by atoms with Crippen LogP contribution in [0, 0.1) is 17.6 Å². The topological polar surface area (TPSA) is 126 Å². The number of nitrogens with two attached hydrogens (primary N) is 2. The Morgan fingerprint density at radius 1 is 1.21 bits per heavy atom. The van der Waals surface area contributed by atoms with Gasteiger partial charge in [-0.3, -0.25) is 14.8 Å². The van der Waals surface area contributed by atoms with Crippen molar-refractivity contribution in [2.45, 2.75) is 44.2 Å². The number of nitrogens with zero attached hydrogens (tertiary/aromatic N) is 3. The van der Waals surface area contributed by atoms with E-state index in [9.17, 15) is 13.6 Å². The number of benzene rings is 1. The standard InChI is InChI=1S/C23H27F2N7OS/c24-14-4-1-5-15(25)17(14)23-30-19(21(27)34-23)22(33)29-16-11-28-31-18(16)20(12-6-7-12)32-9-2-3-13(26)8-10-32/h1,4-5,11-13,20H,2-3,6-10,26-27H2,(H,28,31)(H,29,33)/t13?,20-/m1/s1. The SMILES string of the molecule is Nc1sc(-c2c(F)cccc2F)nc1C(=O)Nc1cn[nH]c1[C@@H](C1CC1)N1CCCC(N)CC1. The summed E-state index contributed by atoms with van der Waals surface area (Å²) in [5, 5.41) is 10.2. The van der Waals surface area contributed by atoms with Crippen LogP contribution in [0.25, 0.3) is 10.6 Å². The molecule has 34 heavy (non-hydrogen) atoms. The van der Waals surface area contributed by atoms with Crippen LogP contribution in [0.3, 0.4) is 0 Å². The number of carbonyl (C=O) groups excluding carboxylic acids is 1. The molecule has 2 fully saturated rings. The first-order valence-corrected chi connectivity index (χ1v) is 12.3. The van der Waals surface area contributed by atoms with Crippen molar-refractivity contribution in [2.24, 2.45) is 11.7 Å². The van der Waals surface area contributed by atoms with Gasteiger partial charge in [-0.25, -0.2) is 13.8 Å². The molecule has 3 aromatic rings. The number of rotatable bonds is 6. The Labute approximate surface area is 199 Å². The Bertz CT molecular complexity index is 1170. The molecule has 0 bridgehead atoms. The van der Waals surface area contributed by atoms with Crippen LogP contribution in [0.15, 0.2) is 24.4 Å². The fourth-order valence-corrected chi connectivity index (χ4v) is 5.53. The first-order chi connectivity index (χ1) is 16.4. The van der Waals surface area contributed by atoms with E-state index < -0.39 is 17.5 Å². The molecule has 2 aromatic heterocycles. The zero-order valence-corrected chi connectivity index (χ0v) is 19.4. The number of halogens is 2. The highest BCUT2D eigenvalue weighted by Gasteiger charge is 2.39. The van der Waals surface area contributed by atoms with Crippen molar-refractivity contribution in [1.82, 2.24) is 20.1 Å². The minimum Gasteiger partial charge on any atom is -0.389 e. The molecule has 5 rings (SSSR count). The summed E-state index contributed by atoms with van der Waals surface area (Å²) in [6.07, 6.45) is 6.79. The highest BCUT2D eigenvalue weighted by atomic mass is 32.1. The van der Waals surface area contributed by atoms with Gasteiger partial charge in [0, 0.05) is 12.6 Å². The molecule has 1 aliphatic carbocycles. The third kappa shape index (κ3) is 4.55. The minimum atomic E-state index is -0.762. The molecule has 11 heteroatoms. The summed E-state index contributed by atoms with van der Waals surface area (Å²) in [5.74, 6) is -1.58. The highest BCUT2D eigenvalue weighted by Crippen LogP contribution is 2.46. The minimum absolute atomic E-state index is 0.0161. The Kier molecular flexibility index (Phi) is 6.32. The monoisotopic (exact) mass is 487 g/mol. The molecule has 0 radical (unpaired) electrons. The van der Waals surface area contributed by atoms with Crippen molar-refractivity contribution in [3.05, 3.63) is 47.4 Å². The molecule has 1 aromatic carbocycles. The molecule has 2 aliphatic rings. The fraction of sp³-hybridized carbons (Fsp3) is 0.435. The maximum atomic E-state index is 14.2. The number of hydrogen-bond donors (Lipinski definition) is 4. The lowest BCUT2D eigenvalue weighted by Crippen LogP contribution is -2.33. The fourth-order valence-electron chi connectivity index (χ4n) is 4.66. The summed E-state index contributed by atoms with van der Waals surface area (Å²) < 4.78 is 28.4. The van der Waals surface area contributed by atoms with Crippen LogP contribution in [0.5, 0.6) is 0 Å². The van der Waals surface area contributed by atoms with E-state index in [1.54, 1.807) is 6.20 Å². The van der Waals surface area contributed by atoms with Gasteiger partial charge >= 0.3 is 0 Å². The normalized spacial score (nSPS) is 20.1. The molecule has 1 saturated heterocycles. The van der Waals surface area contributed by atoms with E-state index in [4.69, 9.17) is 11.5 Å². The molecule has 8 nitrogen and oxygen atoms in total. The first kappa shape index (κ1) is 22.9. The van der Waals surface area contributed by atoms with Gasteiger partial charge in [0.05, 0.1) is 29.2 Å². The predicted octanol–water partition coefficient (Wildman–Crippen LogP) is 3.91. The zero-order chi connectivity index (χ0) is 23.8. The van der Waals surface area contributed by atoms with Crippen molar-refractivity contribution in [2.75, 3.05) is 24.1 Å². The van der Waals surface area contributed by atoms with E-state index in [2.05, 4.69) is 25.4 Å². The molecule has 1 amide bonds. The second-order valence-electron chi connectivity index (χ2n) is 8.99. The van der Waals surface area contributed by atoms with Gasteiger partial charge in [0.2, 0.25) is 0 Å². The van der Waals surface area contributed by atoms with E-state index in [-0.39, 0.29) is 33.3 Å². The summed E-state index contributed by atoms with van der Waals surface area (Å²) in [6.45, 7) is 1.84. The average molecular weight is 488 g/mol. The average Bonchev–Trinajstić information content (AvgIpc) is 3.47. The van der Waals surface area contributed by atoms with Crippen LogP contribution in [0.1, 0.15) is 54.3 Å². The predicted molar refractivity (Wildman–Crippen MR) is 127 cm³/mol. The zero-order valence-electron chi connectivity index (χ0n) is 18.6. The Morgan fingerprint density at radius 2 is 1.97 bits per heavy atom. The molecule has 3 heterocycles. The molecule has 6 N–H and O–H groups in total. The number of thiazole rings is 1. The largest absolute Gasteiger partial charge is 0.389 e. The van der Waals surface area contributed by atoms with Crippen LogP contribution < -0.4 is 16.8 Å². The number of aromatic amines is 1. The first-order valence-electron chi connectivity index (χ1n) is 11.5. The number of nitrogen functional groups attached to an aromatic ring is 1. The second kappa shape index (κ2) is 9.40. The molecular weight excluding hydrogens is 460 g/mol. The van der Waals surface area contributed by atoms with E-state index >= 15 is 0 Å². The highest BCUT2D eigenvalue weighted by molar-refractivity contribution is 7.19. The van der Waals surface area contributed by atoms with E-state index in [0.29, 0.717) is 11.6 Å². The number of H-pyrrole nitrogens is 1. The Balaban J connectivity index is 1.39. The van der Waals surface area contributed by atoms with Gasteiger partial charge in [0.1, 0.15) is 21.6 Å². The lowest BCUT2D eigenvalue weighted by molar-refractivity contribution is 0.102. The van der Waals surface area contributed by atoms with Crippen LogP contribution in [-0.4, -0.2) is 45.1 Å². The smallest absolute Gasteiger partial charge is 0.277 e. The van der Waals surface area contributed by atoms with Gasteiger partial charge in [-0.1, -0.05) is 17.4 Å². The van der Waals surface area contributed by atoms with Gasteiger partial charge in [-0.15, -0.1) is 0 Å². The number of aromatic nitrogens is 3. The van der Waals surface area contributed by atoms with E-state index in [1.165, 1.54) is 6.07 Å². The lowest BCUT2D eigenvalue weighted by Gasteiger charge is -2.30. The molecule has 1 saturated carbocycles. The number of carbonyl (C=O) groups is 1.